The SMILES string of the molecule is Cc1cc(N(C)CC(C)C(=O)O)n2c(nc3ccccc32)c1C#N. The topological polar surface area (TPSA) is 81.6 Å². The molecule has 122 valence electrons. The highest BCUT2D eigenvalue weighted by Crippen LogP contribution is 2.28. The summed E-state index contributed by atoms with van der Waals surface area (Å²) in [5, 5.41) is 18.7. The first-order valence-corrected chi connectivity index (χ1v) is 7.69. The van der Waals surface area contributed by atoms with Crippen molar-refractivity contribution in [2.24, 2.45) is 5.92 Å². The molecule has 3 aromatic rings. The number of hydrogen-bond acceptors (Lipinski definition) is 4. The highest BCUT2D eigenvalue weighted by atomic mass is 16.4. The molecule has 6 heteroatoms. The number of nitrogens with zero attached hydrogens (tertiary/aromatic N) is 4. The van der Waals surface area contributed by atoms with Crippen molar-refractivity contribution in [3.8, 4) is 6.07 Å². The minimum Gasteiger partial charge on any atom is -0.481 e. The first kappa shape index (κ1) is 15.8. The van der Waals surface area contributed by atoms with Crippen LogP contribution in [0.4, 0.5) is 5.82 Å². The molecule has 1 aromatic carbocycles. The molecule has 6 nitrogen and oxygen atoms in total. The van der Waals surface area contributed by atoms with Crippen LogP contribution in [0.15, 0.2) is 30.3 Å². The lowest BCUT2D eigenvalue weighted by Gasteiger charge is -2.23. The Bertz CT molecular complexity index is 984. The number of pyridine rings is 1. The van der Waals surface area contributed by atoms with Gasteiger partial charge in [-0.2, -0.15) is 5.26 Å². The van der Waals surface area contributed by atoms with Gasteiger partial charge in [0, 0.05) is 13.6 Å². The molecule has 0 aliphatic rings. The number of fused-ring (bicyclic) bond motifs is 3. The van der Waals surface area contributed by atoms with Gasteiger partial charge < -0.3 is 10.0 Å². The predicted molar refractivity (Wildman–Crippen MR) is 92.2 cm³/mol. The minimum atomic E-state index is -0.834. The second-order valence-corrected chi connectivity index (χ2v) is 6.05. The fraction of sp³-hybridized carbons (Fsp3) is 0.278. The average Bonchev–Trinajstić information content (AvgIpc) is 2.92. The number of imidazole rings is 1. The van der Waals surface area contributed by atoms with Crippen molar-refractivity contribution >= 4 is 28.5 Å². The van der Waals surface area contributed by atoms with E-state index in [0.717, 1.165) is 22.4 Å². The van der Waals surface area contributed by atoms with Gasteiger partial charge in [0.1, 0.15) is 11.9 Å². The summed E-state index contributed by atoms with van der Waals surface area (Å²) in [6, 6.07) is 11.8. The van der Waals surface area contributed by atoms with Gasteiger partial charge in [-0.3, -0.25) is 9.20 Å². The summed E-state index contributed by atoms with van der Waals surface area (Å²) >= 11 is 0. The Balaban J connectivity index is 2.28. The fourth-order valence-electron chi connectivity index (χ4n) is 2.93. The number of para-hydroxylation sites is 2. The Kier molecular flexibility index (Phi) is 3.86. The number of carboxylic acids is 1. The maximum atomic E-state index is 11.2. The highest BCUT2D eigenvalue weighted by molar-refractivity contribution is 5.85. The molecule has 0 aliphatic heterocycles. The number of aromatic nitrogens is 2. The lowest BCUT2D eigenvalue weighted by Crippen LogP contribution is -2.29. The first-order chi connectivity index (χ1) is 11.4. The van der Waals surface area contributed by atoms with E-state index in [1.54, 1.807) is 6.92 Å². The van der Waals surface area contributed by atoms with Gasteiger partial charge >= 0.3 is 5.97 Å². The van der Waals surface area contributed by atoms with E-state index in [-0.39, 0.29) is 0 Å². The van der Waals surface area contributed by atoms with Gasteiger partial charge in [0.05, 0.1) is 22.5 Å². The largest absolute Gasteiger partial charge is 0.481 e. The summed E-state index contributed by atoms with van der Waals surface area (Å²) < 4.78 is 1.93. The number of carboxylic acid groups (broad SMARTS) is 1. The molecule has 24 heavy (non-hydrogen) atoms. The molecule has 0 saturated heterocycles. The third-order valence-electron chi connectivity index (χ3n) is 4.23. The third kappa shape index (κ3) is 2.44. The van der Waals surface area contributed by atoms with Crippen molar-refractivity contribution < 1.29 is 9.90 Å². The van der Waals surface area contributed by atoms with Crippen LogP contribution in [0.1, 0.15) is 18.1 Å². The van der Waals surface area contributed by atoms with Gasteiger partial charge in [-0.15, -0.1) is 0 Å². The van der Waals surface area contributed by atoms with E-state index in [1.165, 1.54) is 0 Å². The van der Waals surface area contributed by atoms with Crippen molar-refractivity contribution in [3.63, 3.8) is 0 Å². The van der Waals surface area contributed by atoms with Crippen LogP contribution in [0.2, 0.25) is 0 Å². The lowest BCUT2D eigenvalue weighted by molar-refractivity contribution is -0.140. The molecular formula is C18H18N4O2. The molecule has 0 radical (unpaired) electrons. The third-order valence-corrected chi connectivity index (χ3v) is 4.23. The monoisotopic (exact) mass is 322 g/mol. The molecule has 0 spiro atoms. The maximum Gasteiger partial charge on any atom is 0.308 e. The van der Waals surface area contributed by atoms with Gasteiger partial charge in [0.15, 0.2) is 5.65 Å². The molecule has 0 aliphatic carbocycles. The second-order valence-electron chi connectivity index (χ2n) is 6.05. The van der Waals surface area contributed by atoms with Gasteiger partial charge in [0.2, 0.25) is 0 Å². The van der Waals surface area contributed by atoms with Crippen LogP contribution in [-0.2, 0) is 4.79 Å². The Morgan fingerprint density at radius 3 is 2.83 bits per heavy atom. The summed E-state index contributed by atoms with van der Waals surface area (Å²) in [5.41, 5.74) is 3.66. The number of carbonyl (C=O) groups is 1. The molecule has 1 N–H and O–H groups in total. The van der Waals surface area contributed by atoms with Crippen LogP contribution in [-0.4, -0.2) is 34.1 Å². The zero-order valence-corrected chi connectivity index (χ0v) is 13.8. The Morgan fingerprint density at radius 2 is 2.17 bits per heavy atom. The quantitative estimate of drug-likeness (QED) is 0.799. The summed E-state index contributed by atoms with van der Waals surface area (Å²) in [6.07, 6.45) is 0. The molecule has 0 amide bonds. The Labute approximate surface area is 139 Å². The van der Waals surface area contributed by atoms with Crippen LogP contribution in [0.5, 0.6) is 0 Å². The van der Waals surface area contributed by atoms with Gasteiger partial charge in [-0.25, -0.2) is 4.98 Å². The van der Waals surface area contributed by atoms with Crippen LogP contribution >= 0.6 is 0 Å². The summed E-state index contributed by atoms with van der Waals surface area (Å²) in [7, 11) is 1.86. The molecule has 0 fully saturated rings. The van der Waals surface area contributed by atoms with Crippen LogP contribution in [0.3, 0.4) is 0 Å². The number of anilines is 1. The van der Waals surface area contributed by atoms with E-state index < -0.39 is 11.9 Å². The van der Waals surface area contributed by atoms with Crippen molar-refractivity contribution in [1.82, 2.24) is 9.38 Å². The minimum absolute atomic E-state index is 0.363. The van der Waals surface area contributed by atoms with Gasteiger partial charge in [-0.1, -0.05) is 19.1 Å². The molecule has 3 rings (SSSR count). The fourth-order valence-corrected chi connectivity index (χ4v) is 2.93. The summed E-state index contributed by atoms with van der Waals surface area (Å²) in [4.78, 5) is 17.7. The average molecular weight is 322 g/mol. The number of aliphatic carboxylic acids is 1. The molecule has 1 unspecified atom stereocenters. The van der Waals surface area contributed by atoms with E-state index >= 15 is 0 Å². The second kappa shape index (κ2) is 5.85. The van der Waals surface area contributed by atoms with Gasteiger partial charge in [-0.05, 0) is 30.7 Å². The van der Waals surface area contributed by atoms with Gasteiger partial charge in [0.25, 0.3) is 0 Å². The van der Waals surface area contributed by atoms with E-state index in [4.69, 9.17) is 0 Å². The van der Waals surface area contributed by atoms with Crippen LogP contribution < -0.4 is 4.90 Å². The standard InChI is InChI=1S/C18H18N4O2/c1-11-8-16(21(3)10-12(2)18(23)24)22-15-7-5-4-6-14(15)20-17(22)13(11)9-19/h4-8,12H,10H2,1-3H3,(H,23,24). The molecule has 1 atom stereocenters. The first-order valence-electron chi connectivity index (χ1n) is 7.69. The number of nitriles is 1. The van der Waals surface area contributed by atoms with E-state index in [9.17, 15) is 15.2 Å². The zero-order chi connectivity index (χ0) is 17.4. The predicted octanol–water partition coefficient (Wildman–Crippen LogP) is 2.82. The smallest absolute Gasteiger partial charge is 0.308 e. The van der Waals surface area contributed by atoms with E-state index in [0.29, 0.717) is 17.8 Å². The molecule has 2 heterocycles. The number of hydrogen-bond donors (Lipinski definition) is 1. The summed E-state index contributed by atoms with van der Waals surface area (Å²) in [6.45, 7) is 3.91. The summed E-state index contributed by atoms with van der Waals surface area (Å²) in [5.74, 6) is -0.516. The Morgan fingerprint density at radius 1 is 1.46 bits per heavy atom. The van der Waals surface area contributed by atoms with Crippen molar-refractivity contribution in [2.45, 2.75) is 13.8 Å². The maximum absolute atomic E-state index is 11.2. The molecular weight excluding hydrogens is 304 g/mol. The van der Waals surface area contributed by atoms with Crippen molar-refractivity contribution in [2.75, 3.05) is 18.5 Å². The van der Waals surface area contributed by atoms with Crippen LogP contribution in [0.25, 0.3) is 16.7 Å². The van der Waals surface area contributed by atoms with E-state index in [1.807, 2.05) is 53.6 Å². The van der Waals surface area contributed by atoms with Crippen LogP contribution in [0, 0.1) is 24.2 Å². The lowest BCUT2D eigenvalue weighted by atomic mass is 10.1. The zero-order valence-electron chi connectivity index (χ0n) is 13.8. The van der Waals surface area contributed by atoms with Crippen molar-refractivity contribution in [1.29, 1.82) is 5.26 Å². The molecule has 0 bridgehead atoms. The highest BCUT2D eigenvalue weighted by Gasteiger charge is 2.20. The molecule has 0 saturated carbocycles. The number of aryl methyl sites for hydroxylation is 1. The van der Waals surface area contributed by atoms with E-state index in [2.05, 4.69) is 11.1 Å². The van der Waals surface area contributed by atoms with Crippen molar-refractivity contribution in [3.05, 3.63) is 41.5 Å². The number of rotatable bonds is 4. The molecule has 2 aromatic heterocycles. The Hall–Kier alpha value is -3.07. The normalized spacial score (nSPS) is 12.2. The number of benzene rings is 1.